The van der Waals surface area contributed by atoms with E-state index in [1.165, 1.54) is 12.1 Å². The van der Waals surface area contributed by atoms with Gasteiger partial charge in [-0.3, -0.25) is 4.79 Å². The number of nitrogens with one attached hydrogen (secondary N) is 1. The minimum absolute atomic E-state index is 0.000805. The van der Waals surface area contributed by atoms with Crippen LogP contribution in [0.1, 0.15) is 48.9 Å². The largest absolute Gasteiger partial charge is 0.416 e. The number of benzene rings is 2. The summed E-state index contributed by atoms with van der Waals surface area (Å²) in [4.78, 5) is 12.6. The van der Waals surface area contributed by atoms with Crippen molar-refractivity contribution in [1.29, 1.82) is 0 Å². The Morgan fingerprint density at radius 3 is 2.19 bits per heavy atom. The van der Waals surface area contributed by atoms with Gasteiger partial charge in [0.1, 0.15) is 0 Å². The molecule has 2 aromatic carbocycles. The van der Waals surface area contributed by atoms with Crippen LogP contribution in [0.4, 0.5) is 13.2 Å². The van der Waals surface area contributed by atoms with Crippen LogP contribution in [0.3, 0.4) is 0 Å². The van der Waals surface area contributed by atoms with E-state index < -0.39 is 11.7 Å². The molecular weight excluding hydrogens is 339 g/mol. The number of alkyl halides is 3. The zero-order valence-electron chi connectivity index (χ0n) is 14.8. The van der Waals surface area contributed by atoms with E-state index in [4.69, 9.17) is 0 Å². The van der Waals surface area contributed by atoms with Crippen LogP contribution in [0, 0.1) is 11.8 Å². The van der Waals surface area contributed by atoms with Gasteiger partial charge >= 0.3 is 6.18 Å². The van der Waals surface area contributed by atoms with Gasteiger partial charge in [0, 0.05) is 5.92 Å². The van der Waals surface area contributed by atoms with Crippen LogP contribution in [0.25, 0.3) is 0 Å². The van der Waals surface area contributed by atoms with Gasteiger partial charge in [-0.2, -0.15) is 13.2 Å². The second-order valence-electron chi connectivity index (χ2n) is 7.21. The first kappa shape index (κ1) is 18.5. The van der Waals surface area contributed by atoms with Crippen molar-refractivity contribution in [1.82, 2.24) is 5.32 Å². The molecule has 1 fully saturated rings. The van der Waals surface area contributed by atoms with E-state index in [1.807, 2.05) is 30.3 Å². The zero-order chi connectivity index (χ0) is 18.9. The highest BCUT2D eigenvalue weighted by Gasteiger charge is 2.44. The summed E-state index contributed by atoms with van der Waals surface area (Å²) in [5.74, 6) is 0.0413. The highest BCUT2D eigenvalue weighted by Crippen LogP contribution is 2.48. The van der Waals surface area contributed by atoms with Gasteiger partial charge in [-0.15, -0.1) is 0 Å². The van der Waals surface area contributed by atoms with Gasteiger partial charge in [-0.25, -0.2) is 0 Å². The molecule has 0 heterocycles. The Labute approximate surface area is 151 Å². The summed E-state index contributed by atoms with van der Waals surface area (Å²) in [6.07, 6.45) is -3.66. The van der Waals surface area contributed by atoms with Crippen LogP contribution in [0.15, 0.2) is 54.6 Å². The molecule has 1 aliphatic rings. The average molecular weight is 361 g/mol. The molecular formula is C21H22F3NO. The van der Waals surface area contributed by atoms with E-state index in [-0.39, 0.29) is 29.7 Å². The zero-order valence-corrected chi connectivity index (χ0v) is 14.8. The topological polar surface area (TPSA) is 29.1 Å². The molecule has 2 nitrogen and oxygen atoms in total. The summed E-state index contributed by atoms with van der Waals surface area (Å²) in [5.41, 5.74) is 1.19. The second kappa shape index (κ2) is 7.14. The summed E-state index contributed by atoms with van der Waals surface area (Å²) in [5, 5.41) is 3.11. The number of halogens is 3. The molecule has 3 atom stereocenters. The lowest BCUT2D eigenvalue weighted by Gasteiger charge is -2.23. The fourth-order valence-electron chi connectivity index (χ4n) is 3.33. The van der Waals surface area contributed by atoms with Crippen LogP contribution >= 0.6 is 0 Å². The normalized spacial score (nSPS) is 20.7. The maximum Gasteiger partial charge on any atom is 0.416 e. The molecule has 2 aromatic rings. The van der Waals surface area contributed by atoms with E-state index in [0.717, 1.165) is 23.3 Å². The molecule has 0 aliphatic heterocycles. The molecule has 138 valence electrons. The van der Waals surface area contributed by atoms with Crippen molar-refractivity contribution in [3.05, 3.63) is 71.3 Å². The number of rotatable bonds is 5. The molecule has 1 amide bonds. The molecule has 0 aromatic heterocycles. The number of hydrogen-bond donors (Lipinski definition) is 1. The van der Waals surface area contributed by atoms with Crippen molar-refractivity contribution >= 4 is 5.91 Å². The fraction of sp³-hybridized carbons (Fsp3) is 0.381. The van der Waals surface area contributed by atoms with Gasteiger partial charge in [0.2, 0.25) is 5.91 Å². The predicted octanol–water partition coefficient (Wildman–Crippen LogP) is 5.32. The molecule has 0 saturated heterocycles. The van der Waals surface area contributed by atoms with Crippen LogP contribution in [0.5, 0.6) is 0 Å². The maximum atomic E-state index is 12.7. The Morgan fingerprint density at radius 1 is 1.04 bits per heavy atom. The summed E-state index contributed by atoms with van der Waals surface area (Å²) >= 11 is 0. The Bertz CT molecular complexity index is 753. The van der Waals surface area contributed by atoms with Gasteiger partial charge in [0.05, 0.1) is 11.6 Å². The fourth-order valence-corrected chi connectivity index (χ4v) is 3.33. The molecule has 1 saturated carbocycles. The lowest BCUT2D eigenvalue weighted by Crippen LogP contribution is -2.33. The number of carbonyl (C=O) groups excluding carboxylic acids is 1. The molecule has 0 bridgehead atoms. The first-order valence-electron chi connectivity index (χ1n) is 8.80. The van der Waals surface area contributed by atoms with Crippen molar-refractivity contribution in [2.75, 3.05) is 0 Å². The second-order valence-corrected chi connectivity index (χ2v) is 7.21. The number of hydrogen-bond acceptors (Lipinski definition) is 1. The van der Waals surface area contributed by atoms with Crippen molar-refractivity contribution in [2.24, 2.45) is 11.8 Å². The average Bonchev–Trinajstić information content (AvgIpc) is 3.40. The van der Waals surface area contributed by atoms with Crippen molar-refractivity contribution < 1.29 is 18.0 Å². The number of carbonyl (C=O) groups is 1. The van der Waals surface area contributed by atoms with Crippen LogP contribution in [-0.4, -0.2) is 5.91 Å². The van der Waals surface area contributed by atoms with Crippen LogP contribution in [0.2, 0.25) is 0 Å². The third kappa shape index (κ3) is 4.09. The lowest BCUT2D eigenvalue weighted by atomic mass is 9.95. The van der Waals surface area contributed by atoms with E-state index in [2.05, 4.69) is 19.2 Å². The van der Waals surface area contributed by atoms with E-state index in [1.54, 1.807) is 0 Å². The van der Waals surface area contributed by atoms with Gasteiger partial charge in [0.25, 0.3) is 0 Å². The minimum atomic E-state index is -4.33. The summed E-state index contributed by atoms with van der Waals surface area (Å²) in [6, 6.07) is 14.9. The molecule has 0 spiro atoms. The Kier molecular flexibility index (Phi) is 5.08. The van der Waals surface area contributed by atoms with E-state index in [0.29, 0.717) is 6.42 Å². The molecule has 26 heavy (non-hydrogen) atoms. The smallest absolute Gasteiger partial charge is 0.349 e. The summed E-state index contributed by atoms with van der Waals surface area (Å²) < 4.78 is 38.0. The van der Waals surface area contributed by atoms with Crippen LogP contribution in [-0.2, 0) is 11.0 Å². The number of amides is 1. The quantitative estimate of drug-likeness (QED) is 0.767. The van der Waals surface area contributed by atoms with Crippen LogP contribution < -0.4 is 5.32 Å². The third-order valence-electron chi connectivity index (χ3n) is 4.92. The van der Waals surface area contributed by atoms with E-state index >= 15 is 0 Å². The molecule has 3 rings (SSSR count). The van der Waals surface area contributed by atoms with Crippen molar-refractivity contribution in [2.45, 2.75) is 38.4 Å². The van der Waals surface area contributed by atoms with Gasteiger partial charge < -0.3 is 5.32 Å². The lowest BCUT2D eigenvalue weighted by molar-refractivity contribution is -0.137. The molecule has 1 N–H and O–H groups in total. The first-order valence-corrected chi connectivity index (χ1v) is 8.80. The third-order valence-corrected chi connectivity index (χ3v) is 4.92. The monoisotopic (exact) mass is 361 g/mol. The molecule has 0 radical (unpaired) electrons. The summed E-state index contributed by atoms with van der Waals surface area (Å²) in [6.45, 7) is 4.11. The Hall–Kier alpha value is -2.30. The summed E-state index contributed by atoms with van der Waals surface area (Å²) in [7, 11) is 0. The molecule has 3 unspecified atom stereocenters. The Balaban J connectivity index is 1.65. The van der Waals surface area contributed by atoms with Crippen molar-refractivity contribution in [3.8, 4) is 0 Å². The SMILES string of the molecule is CC(C)C(NC(=O)C1CC1c1ccc(C(F)(F)F)cc1)c1ccccc1. The first-order chi connectivity index (χ1) is 12.3. The highest BCUT2D eigenvalue weighted by molar-refractivity contribution is 5.83. The van der Waals surface area contributed by atoms with Gasteiger partial charge in [-0.1, -0.05) is 56.3 Å². The Morgan fingerprint density at radius 2 is 1.65 bits per heavy atom. The highest BCUT2D eigenvalue weighted by atomic mass is 19.4. The molecule has 5 heteroatoms. The maximum absolute atomic E-state index is 12.7. The predicted molar refractivity (Wildman–Crippen MR) is 94.5 cm³/mol. The standard InChI is InChI=1S/C21H22F3NO/c1-13(2)19(15-6-4-3-5-7-15)25-20(26)18-12-17(18)14-8-10-16(11-9-14)21(22,23)24/h3-11,13,17-19H,12H2,1-2H3,(H,25,26). The van der Waals surface area contributed by atoms with Crippen molar-refractivity contribution in [3.63, 3.8) is 0 Å². The van der Waals surface area contributed by atoms with Gasteiger partial charge in [-0.05, 0) is 41.5 Å². The molecule has 1 aliphatic carbocycles. The van der Waals surface area contributed by atoms with Gasteiger partial charge in [0.15, 0.2) is 0 Å². The minimum Gasteiger partial charge on any atom is -0.349 e. The van der Waals surface area contributed by atoms with E-state index in [9.17, 15) is 18.0 Å².